The van der Waals surface area contributed by atoms with Crippen molar-refractivity contribution in [1.29, 1.82) is 0 Å². The van der Waals surface area contributed by atoms with Crippen LogP contribution < -0.4 is 44.6 Å². The summed E-state index contributed by atoms with van der Waals surface area (Å²) in [6, 6.07) is 14.3. The van der Waals surface area contributed by atoms with E-state index in [1.54, 1.807) is 16.8 Å². The normalized spacial score (nSPS) is 20.7. The molecule has 3 aromatic heterocycles. The second-order valence-corrected chi connectivity index (χ2v) is 13.0. The van der Waals surface area contributed by atoms with Crippen LogP contribution in [0.2, 0.25) is 0 Å². The number of nitrogens with zero attached hydrogens (tertiary/aromatic N) is 7. The number of aromatic carboxylic acids is 1. The first-order chi connectivity index (χ1) is 21.6. The predicted octanol–water partition coefficient (Wildman–Crippen LogP) is -1.20. The van der Waals surface area contributed by atoms with E-state index in [-0.39, 0.29) is 47.1 Å². The molecular weight excluding hydrogens is 579 g/mol. The van der Waals surface area contributed by atoms with Crippen molar-refractivity contribution in [2.24, 2.45) is 0 Å². The second-order valence-electron chi connectivity index (χ2n) is 13.0. The Morgan fingerprint density at radius 1 is 0.978 bits per heavy atom. The number of amides is 2. The van der Waals surface area contributed by atoms with Crippen LogP contribution in [-0.2, 0) is 12.0 Å². The van der Waals surface area contributed by atoms with Gasteiger partial charge in [0.2, 0.25) is 0 Å². The Balaban J connectivity index is 0.00000372. The van der Waals surface area contributed by atoms with Gasteiger partial charge in [0, 0.05) is 68.7 Å². The molecule has 13 heteroatoms. The minimum absolute atomic E-state index is 0. The third-order valence-electron chi connectivity index (χ3n) is 10.0. The van der Waals surface area contributed by atoms with Gasteiger partial charge in [-0.15, -0.1) is 0 Å². The molecule has 3 saturated heterocycles. The fourth-order valence-corrected chi connectivity index (χ4v) is 7.35. The van der Waals surface area contributed by atoms with Gasteiger partial charge in [-0.25, -0.2) is 14.8 Å². The minimum atomic E-state index is -1.31. The molecule has 0 saturated carbocycles. The monoisotopic (exact) mass is 616 g/mol. The van der Waals surface area contributed by atoms with Gasteiger partial charge < -0.3 is 34.5 Å². The van der Waals surface area contributed by atoms with Gasteiger partial charge in [-0.1, -0.05) is 37.3 Å². The van der Waals surface area contributed by atoms with Crippen molar-refractivity contribution in [3.63, 3.8) is 0 Å². The third kappa shape index (κ3) is 5.65. The zero-order valence-corrected chi connectivity index (χ0v) is 26.6. The number of hydrogen-bond donors (Lipinski definition) is 1. The molecule has 12 nitrogen and oxygen atoms in total. The fraction of sp³-hybridized carbons (Fsp3) is 0.424. The van der Waals surface area contributed by atoms with Crippen LogP contribution in [0.1, 0.15) is 47.9 Å². The number of hydrogen-bond acceptors (Lipinski definition) is 8. The van der Waals surface area contributed by atoms with Crippen LogP contribution in [0.25, 0.3) is 5.52 Å². The number of carboxylic acids is 1. The summed E-state index contributed by atoms with van der Waals surface area (Å²) in [5.41, 5.74) is 3.35. The molecule has 0 unspecified atom stereocenters. The molecule has 234 valence electrons. The number of carbonyl (C=O) groups excluding carboxylic acids is 2. The predicted molar refractivity (Wildman–Crippen MR) is 168 cm³/mol. The number of urea groups is 1. The molecule has 0 bridgehead atoms. The summed E-state index contributed by atoms with van der Waals surface area (Å²) >= 11 is 0. The number of aryl methyl sites for hydroxylation is 1. The standard InChI is InChI=1S/C33H38N8O4.Li/c1-23-16-25(38-11-8-32(2,20-38)24-6-4-3-5-7-24)17-28(42)40(23)15-14-39-21-33(36-31(39)45)9-12-37(13-10-33)29-26-18-34-22-41(26)27(19-35-29)30(43)44;/h3-7,16-19,22H,8-15,20-21H2,1-2H3,(H,36,45)(H,43,44);/q;+1/p-1/t32-;/m0./s1. The molecule has 0 aliphatic carbocycles. The van der Waals surface area contributed by atoms with Crippen molar-refractivity contribution in [1.82, 2.24) is 29.2 Å². The number of rotatable bonds is 7. The van der Waals surface area contributed by atoms with Crippen molar-refractivity contribution < 1.29 is 33.6 Å². The van der Waals surface area contributed by atoms with Gasteiger partial charge in [-0.3, -0.25) is 9.20 Å². The number of imidazole rings is 1. The summed E-state index contributed by atoms with van der Waals surface area (Å²) in [6.07, 6.45) is 6.80. The zero-order chi connectivity index (χ0) is 31.3. The molecule has 3 aliphatic heterocycles. The average Bonchev–Trinajstić information content (AvgIpc) is 3.75. The van der Waals surface area contributed by atoms with Gasteiger partial charge in [0.25, 0.3) is 5.56 Å². The second kappa shape index (κ2) is 12.2. The van der Waals surface area contributed by atoms with Gasteiger partial charge in [-0.2, -0.15) is 0 Å². The number of carbonyl (C=O) groups is 2. The minimum Gasteiger partial charge on any atom is -0.543 e. The molecule has 3 fully saturated rings. The molecule has 6 heterocycles. The van der Waals surface area contributed by atoms with Crippen LogP contribution in [0.5, 0.6) is 0 Å². The van der Waals surface area contributed by atoms with E-state index in [0.29, 0.717) is 56.9 Å². The van der Waals surface area contributed by atoms with Gasteiger partial charge in [0.15, 0.2) is 5.82 Å². The Hall–Kier alpha value is -4.27. The average molecular weight is 617 g/mol. The maximum atomic E-state index is 13.3. The Morgan fingerprint density at radius 3 is 2.43 bits per heavy atom. The van der Waals surface area contributed by atoms with Gasteiger partial charge in [0.1, 0.15) is 5.52 Å². The maximum absolute atomic E-state index is 13.3. The number of fused-ring (bicyclic) bond motifs is 1. The van der Waals surface area contributed by atoms with Crippen LogP contribution in [0.3, 0.4) is 0 Å². The van der Waals surface area contributed by atoms with Gasteiger partial charge in [-0.05, 0) is 37.8 Å². The molecule has 1 spiro atoms. The van der Waals surface area contributed by atoms with Crippen LogP contribution in [0, 0.1) is 6.92 Å². The molecule has 0 radical (unpaired) electrons. The van der Waals surface area contributed by atoms with Crippen molar-refractivity contribution in [2.75, 3.05) is 49.1 Å². The Morgan fingerprint density at radius 2 is 1.72 bits per heavy atom. The van der Waals surface area contributed by atoms with E-state index in [1.165, 1.54) is 22.5 Å². The number of pyridine rings is 1. The first-order valence-corrected chi connectivity index (χ1v) is 15.5. The molecule has 4 aromatic rings. The van der Waals surface area contributed by atoms with E-state index in [0.717, 1.165) is 30.9 Å². The smallest absolute Gasteiger partial charge is 0.543 e. The van der Waals surface area contributed by atoms with E-state index in [4.69, 9.17) is 0 Å². The topological polar surface area (TPSA) is 131 Å². The first-order valence-electron chi connectivity index (χ1n) is 15.5. The molecular formula is C33H37LiN8O4. The fourth-order valence-electron chi connectivity index (χ4n) is 7.35. The Labute approximate surface area is 279 Å². The molecule has 46 heavy (non-hydrogen) atoms. The summed E-state index contributed by atoms with van der Waals surface area (Å²) < 4.78 is 3.24. The number of piperidine rings is 1. The number of benzene rings is 1. The van der Waals surface area contributed by atoms with Gasteiger partial charge >= 0.3 is 24.9 Å². The maximum Gasteiger partial charge on any atom is 1.00 e. The van der Waals surface area contributed by atoms with E-state index >= 15 is 0 Å². The van der Waals surface area contributed by atoms with Crippen LogP contribution in [0.4, 0.5) is 16.3 Å². The first kappa shape index (κ1) is 31.7. The third-order valence-corrected chi connectivity index (χ3v) is 10.0. The van der Waals surface area contributed by atoms with Crippen molar-refractivity contribution >= 4 is 29.0 Å². The van der Waals surface area contributed by atoms with Crippen LogP contribution >= 0.6 is 0 Å². The summed E-state index contributed by atoms with van der Waals surface area (Å²) in [7, 11) is 0. The molecule has 1 atom stereocenters. The van der Waals surface area contributed by atoms with Crippen LogP contribution in [0.15, 0.2) is 66.0 Å². The number of nitrogens with one attached hydrogen (secondary N) is 1. The summed E-state index contributed by atoms with van der Waals surface area (Å²) in [5, 5.41) is 14.7. The molecule has 3 aliphatic rings. The molecule has 2 amide bonds. The number of aromatic nitrogens is 4. The van der Waals surface area contributed by atoms with Crippen LogP contribution in [-0.4, -0.2) is 80.6 Å². The van der Waals surface area contributed by atoms with Crippen molar-refractivity contribution in [3.8, 4) is 0 Å². The summed E-state index contributed by atoms with van der Waals surface area (Å²) in [5.74, 6) is -0.653. The summed E-state index contributed by atoms with van der Waals surface area (Å²) in [4.78, 5) is 52.6. The van der Waals surface area contributed by atoms with E-state index in [1.807, 2.05) is 17.9 Å². The quantitative estimate of drug-likeness (QED) is 0.257. The zero-order valence-electron chi connectivity index (χ0n) is 26.6. The van der Waals surface area contributed by atoms with Gasteiger partial charge in [0.05, 0.1) is 35.9 Å². The molecule has 7 rings (SSSR count). The van der Waals surface area contributed by atoms with E-state index in [2.05, 4.69) is 62.3 Å². The number of anilines is 2. The Kier molecular flexibility index (Phi) is 8.37. The van der Waals surface area contributed by atoms with E-state index in [9.17, 15) is 19.5 Å². The number of carboxylic acid groups (broad SMARTS) is 1. The summed E-state index contributed by atoms with van der Waals surface area (Å²) in [6.45, 7) is 8.74. The van der Waals surface area contributed by atoms with Crippen molar-refractivity contribution in [2.45, 2.75) is 50.6 Å². The van der Waals surface area contributed by atoms with Crippen molar-refractivity contribution in [3.05, 3.63) is 88.5 Å². The molecule has 1 N–H and O–H groups in total. The molecule has 1 aromatic carbocycles. The van der Waals surface area contributed by atoms with E-state index < -0.39 is 5.97 Å². The Bertz CT molecular complexity index is 1830. The SMILES string of the molecule is Cc1cc(N2CC[C@](C)(c3ccccc3)C2)cc(=O)n1CCN1CC2(CCN(c3ncc(C(=O)[O-])n4cncc34)CC2)NC1=O.[Li+]. The largest absolute Gasteiger partial charge is 1.00 e.